The fourth-order valence-electron chi connectivity index (χ4n) is 1.75. The molecule has 6 heteroatoms. The lowest BCUT2D eigenvalue weighted by atomic mass is 10.2. The number of nitrogens with one attached hydrogen (secondary N) is 2. The van der Waals surface area contributed by atoms with Gasteiger partial charge in [-0.2, -0.15) is 0 Å². The number of anilines is 3. The molecule has 0 aliphatic rings. The highest BCUT2D eigenvalue weighted by molar-refractivity contribution is 9.10. The van der Waals surface area contributed by atoms with Gasteiger partial charge in [0.1, 0.15) is 0 Å². The molecular formula is C16H16BrN3O2. The normalized spacial score (nSPS) is 9.95. The van der Waals surface area contributed by atoms with Crippen molar-refractivity contribution in [1.29, 1.82) is 0 Å². The number of benzene rings is 2. The van der Waals surface area contributed by atoms with Gasteiger partial charge in [-0.05, 0) is 48.5 Å². The highest BCUT2D eigenvalue weighted by Gasteiger charge is 2.14. The van der Waals surface area contributed by atoms with Crippen molar-refractivity contribution in [2.75, 3.05) is 29.6 Å². The van der Waals surface area contributed by atoms with E-state index in [0.29, 0.717) is 11.4 Å². The van der Waals surface area contributed by atoms with Gasteiger partial charge in [0.2, 0.25) is 0 Å². The first-order chi connectivity index (χ1) is 10.5. The molecule has 0 aliphatic carbocycles. The molecule has 114 valence electrons. The van der Waals surface area contributed by atoms with Gasteiger partial charge in [-0.1, -0.05) is 15.9 Å². The van der Waals surface area contributed by atoms with Crippen LogP contribution in [0.25, 0.3) is 0 Å². The average molecular weight is 362 g/mol. The SMILES string of the molecule is CN(C)c1ccc(NC(=O)C(=O)Nc2ccc(Br)cc2)cc1. The predicted molar refractivity (Wildman–Crippen MR) is 92.2 cm³/mol. The molecule has 2 aromatic carbocycles. The average Bonchev–Trinajstić information content (AvgIpc) is 2.50. The van der Waals surface area contributed by atoms with Crippen molar-refractivity contribution in [2.24, 2.45) is 0 Å². The van der Waals surface area contributed by atoms with Crippen LogP contribution in [0.2, 0.25) is 0 Å². The Morgan fingerprint density at radius 1 is 0.818 bits per heavy atom. The van der Waals surface area contributed by atoms with Crippen LogP contribution >= 0.6 is 15.9 Å². The lowest BCUT2D eigenvalue weighted by Crippen LogP contribution is -2.29. The number of hydrogen-bond acceptors (Lipinski definition) is 3. The van der Waals surface area contributed by atoms with Gasteiger partial charge in [-0.3, -0.25) is 9.59 Å². The smallest absolute Gasteiger partial charge is 0.314 e. The van der Waals surface area contributed by atoms with Crippen LogP contribution in [-0.4, -0.2) is 25.9 Å². The number of carbonyl (C=O) groups is 2. The van der Waals surface area contributed by atoms with Crippen molar-refractivity contribution in [3.05, 3.63) is 53.0 Å². The minimum absolute atomic E-state index is 0.561. The zero-order valence-corrected chi connectivity index (χ0v) is 13.8. The summed E-state index contributed by atoms with van der Waals surface area (Å²) < 4.78 is 0.899. The van der Waals surface area contributed by atoms with E-state index in [0.717, 1.165) is 10.2 Å². The molecule has 0 atom stereocenters. The molecule has 0 heterocycles. The first-order valence-corrected chi connectivity index (χ1v) is 7.40. The van der Waals surface area contributed by atoms with Crippen LogP contribution in [0.4, 0.5) is 17.1 Å². The van der Waals surface area contributed by atoms with Gasteiger partial charge < -0.3 is 15.5 Å². The minimum atomic E-state index is -0.709. The standard InChI is InChI=1S/C16H16BrN3O2/c1-20(2)14-9-7-13(8-10-14)19-16(22)15(21)18-12-5-3-11(17)4-6-12/h3-10H,1-2H3,(H,18,21)(H,19,22). The summed E-state index contributed by atoms with van der Waals surface area (Å²) in [7, 11) is 3.86. The van der Waals surface area contributed by atoms with Crippen LogP contribution in [0.5, 0.6) is 0 Å². The Morgan fingerprint density at radius 3 is 1.64 bits per heavy atom. The molecule has 0 aromatic heterocycles. The van der Waals surface area contributed by atoms with Gasteiger partial charge in [0, 0.05) is 35.6 Å². The van der Waals surface area contributed by atoms with Crippen LogP contribution in [0.15, 0.2) is 53.0 Å². The molecule has 2 rings (SSSR count). The van der Waals surface area contributed by atoms with Crippen molar-refractivity contribution < 1.29 is 9.59 Å². The van der Waals surface area contributed by atoms with E-state index < -0.39 is 11.8 Å². The highest BCUT2D eigenvalue weighted by atomic mass is 79.9. The fourth-order valence-corrected chi connectivity index (χ4v) is 2.02. The van der Waals surface area contributed by atoms with Crippen LogP contribution in [0.1, 0.15) is 0 Å². The minimum Gasteiger partial charge on any atom is -0.378 e. The second-order valence-corrected chi connectivity index (χ2v) is 5.77. The van der Waals surface area contributed by atoms with Crippen LogP contribution in [0.3, 0.4) is 0 Å². The van der Waals surface area contributed by atoms with E-state index in [9.17, 15) is 9.59 Å². The molecule has 2 amide bonds. The zero-order valence-electron chi connectivity index (χ0n) is 12.3. The van der Waals surface area contributed by atoms with Crippen molar-refractivity contribution in [3.63, 3.8) is 0 Å². The lowest BCUT2D eigenvalue weighted by Gasteiger charge is -2.13. The molecule has 0 aliphatic heterocycles. The quantitative estimate of drug-likeness (QED) is 0.825. The lowest BCUT2D eigenvalue weighted by molar-refractivity contribution is -0.132. The Morgan fingerprint density at radius 2 is 1.23 bits per heavy atom. The van der Waals surface area contributed by atoms with E-state index in [2.05, 4.69) is 26.6 Å². The summed E-state index contributed by atoms with van der Waals surface area (Å²) in [6.45, 7) is 0. The van der Waals surface area contributed by atoms with Crippen molar-refractivity contribution in [2.45, 2.75) is 0 Å². The number of hydrogen-bond donors (Lipinski definition) is 2. The number of rotatable bonds is 3. The van der Waals surface area contributed by atoms with Crippen molar-refractivity contribution in [3.8, 4) is 0 Å². The van der Waals surface area contributed by atoms with Gasteiger partial charge in [0.15, 0.2) is 0 Å². The maximum absolute atomic E-state index is 11.9. The monoisotopic (exact) mass is 361 g/mol. The summed E-state index contributed by atoms with van der Waals surface area (Å²) in [6.07, 6.45) is 0. The third-order valence-electron chi connectivity index (χ3n) is 2.95. The summed E-state index contributed by atoms with van der Waals surface area (Å²) in [5, 5.41) is 5.10. The van der Waals surface area contributed by atoms with Crippen LogP contribution in [0, 0.1) is 0 Å². The van der Waals surface area contributed by atoms with Gasteiger partial charge >= 0.3 is 11.8 Å². The molecule has 5 nitrogen and oxygen atoms in total. The number of halogens is 1. The summed E-state index contributed by atoms with van der Waals surface area (Å²) in [5.41, 5.74) is 2.14. The zero-order chi connectivity index (χ0) is 16.1. The number of carbonyl (C=O) groups excluding carboxylic acids is 2. The molecule has 2 aromatic rings. The number of nitrogens with zero attached hydrogens (tertiary/aromatic N) is 1. The van der Waals surface area contributed by atoms with Gasteiger partial charge in [0.25, 0.3) is 0 Å². The summed E-state index contributed by atoms with van der Waals surface area (Å²) >= 11 is 3.31. The molecule has 0 unspecified atom stereocenters. The molecule has 2 N–H and O–H groups in total. The molecular weight excluding hydrogens is 346 g/mol. The Kier molecular flexibility index (Phi) is 5.16. The van der Waals surface area contributed by atoms with Crippen molar-refractivity contribution >= 4 is 44.8 Å². The molecule has 0 fully saturated rings. The second-order valence-electron chi connectivity index (χ2n) is 4.86. The van der Waals surface area contributed by atoms with E-state index in [-0.39, 0.29) is 0 Å². The Labute approximate surface area is 137 Å². The first-order valence-electron chi connectivity index (χ1n) is 6.61. The Balaban J connectivity index is 1.96. The Bertz CT molecular complexity index is 667. The molecule has 0 spiro atoms. The maximum atomic E-state index is 11.9. The van der Waals surface area contributed by atoms with Crippen molar-refractivity contribution in [1.82, 2.24) is 0 Å². The largest absolute Gasteiger partial charge is 0.378 e. The second kappa shape index (κ2) is 7.09. The topological polar surface area (TPSA) is 61.4 Å². The first kappa shape index (κ1) is 16.0. The molecule has 0 bridgehead atoms. The van der Waals surface area contributed by atoms with Crippen LogP contribution < -0.4 is 15.5 Å². The van der Waals surface area contributed by atoms with Crippen LogP contribution in [-0.2, 0) is 9.59 Å². The molecule has 0 radical (unpaired) electrons. The van der Waals surface area contributed by atoms with E-state index in [4.69, 9.17) is 0 Å². The van der Waals surface area contributed by atoms with E-state index in [1.54, 1.807) is 36.4 Å². The highest BCUT2D eigenvalue weighted by Crippen LogP contribution is 2.16. The van der Waals surface area contributed by atoms with Gasteiger partial charge in [-0.15, -0.1) is 0 Å². The van der Waals surface area contributed by atoms with E-state index in [1.165, 1.54) is 0 Å². The van der Waals surface area contributed by atoms with Gasteiger partial charge in [0.05, 0.1) is 0 Å². The Hall–Kier alpha value is -2.34. The maximum Gasteiger partial charge on any atom is 0.314 e. The molecule has 22 heavy (non-hydrogen) atoms. The predicted octanol–water partition coefficient (Wildman–Crippen LogP) is 3.09. The van der Waals surface area contributed by atoms with E-state index in [1.807, 2.05) is 31.1 Å². The molecule has 0 saturated carbocycles. The summed E-state index contributed by atoms with van der Waals surface area (Å²) in [4.78, 5) is 25.6. The summed E-state index contributed by atoms with van der Waals surface area (Å²) in [6, 6.07) is 14.2. The van der Waals surface area contributed by atoms with E-state index >= 15 is 0 Å². The summed E-state index contributed by atoms with van der Waals surface area (Å²) in [5.74, 6) is -1.42. The van der Waals surface area contributed by atoms with Gasteiger partial charge in [-0.25, -0.2) is 0 Å². The molecule has 0 saturated heterocycles. The third-order valence-corrected chi connectivity index (χ3v) is 3.48. The number of amides is 2. The fraction of sp³-hybridized carbons (Fsp3) is 0.125. The third kappa shape index (κ3) is 4.33.